The van der Waals surface area contributed by atoms with Crippen molar-refractivity contribution < 1.29 is 9.90 Å². The van der Waals surface area contributed by atoms with Crippen molar-refractivity contribution in [2.45, 2.75) is 6.42 Å². The fraction of sp³-hybridized carbons (Fsp3) is 0.222. The standard InChI is InChI=1S/C9H8BrNO2/c10-7-3-5-1-2-11-9(13)6(5)4-8(7)12/h3-4,12H,1-2H2,(H,11,13). The highest BCUT2D eigenvalue weighted by Crippen LogP contribution is 2.28. The molecule has 0 unspecified atom stereocenters. The summed E-state index contributed by atoms with van der Waals surface area (Å²) in [6.45, 7) is 0.670. The topological polar surface area (TPSA) is 49.3 Å². The third-order valence-electron chi connectivity index (χ3n) is 2.10. The molecule has 0 bridgehead atoms. The number of fused-ring (bicyclic) bond motifs is 1. The minimum Gasteiger partial charge on any atom is -0.507 e. The highest BCUT2D eigenvalue weighted by molar-refractivity contribution is 9.10. The summed E-state index contributed by atoms with van der Waals surface area (Å²) in [5, 5.41) is 12.1. The summed E-state index contributed by atoms with van der Waals surface area (Å²) in [5.41, 5.74) is 1.56. The van der Waals surface area contributed by atoms with Crippen LogP contribution in [0.25, 0.3) is 0 Å². The minimum absolute atomic E-state index is 0.107. The predicted octanol–water partition coefficient (Wildman–Crippen LogP) is 1.44. The number of hydrogen-bond acceptors (Lipinski definition) is 2. The molecule has 4 heteroatoms. The highest BCUT2D eigenvalue weighted by Gasteiger charge is 2.18. The van der Waals surface area contributed by atoms with E-state index in [0.29, 0.717) is 16.6 Å². The molecular weight excluding hydrogens is 234 g/mol. The Bertz CT molecular complexity index is 376. The second-order valence-electron chi connectivity index (χ2n) is 2.97. The molecule has 13 heavy (non-hydrogen) atoms. The van der Waals surface area contributed by atoms with E-state index in [1.165, 1.54) is 6.07 Å². The summed E-state index contributed by atoms with van der Waals surface area (Å²) in [4.78, 5) is 11.3. The van der Waals surface area contributed by atoms with Gasteiger partial charge in [-0.1, -0.05) is 0 Å². The first-order chi connectivity index (χ1) is 6.18. The van der Waals surface area contributed by atoms with E-state index in [1.807, 2.05) is 0 Å². The first-order valence-electron chi connectivity index (χ1n) is 3.98. The van der Waals surface area contributed by atoms with Gasteiger partial charge in [-0.05, 0) is 40.0 Å². The molecule has 1 aliphatic heterocycles. The van der Waals surface area contributed by atoms with Gasteiger partial charge in [0.1, 0.15) is 5.75 Å². The third-order valence-corrected chi connectivity index (χ3v) is 2.73. The molecule has 1 aromatic rings. The van der Waals surface area contributed by atoms with E-state index in [9.17, 15) is 9.90 Å². The Labute approximate surface area is 83.9 Å². The molecule has 0 fully saturated rings. The van der Waals surface area contributed by atoms with Gasteiger partial charge in [0.05, 0.1) is 4.47 Å². The van der Waals surface area contributed by atoms with Crippen LogP contribution in [0.15, 0.2) is 16.6 Å². The molecule has 0 aromatic heterocycles. The lowest BCUT2D eigenvalue weighted by molar-refractivity contribution is 0.0945. The van der Waals surface area contributed by atoms with Crippen molar-refractivity contribution in [1.29, 1.82) is 0 Å². The van der Waals surface area contributed by atoms with Gasteiger partial charge < -0.3 is 10.4 Å². The Kier molecular flexibility index (Phi) is 2.00. The molecule has 1 aliphatic rings. The van der Waals surface area contributed by atoms with Gasteiger partial charge in [-0.3, -0.25) is 4.79 Å². The first-order valence-corrected chi connectivity index (χ1v) is 4.77. The first kappa shape index (κ1) is 8.56. The zero-order chi connectivity index (χ0) is 9.42. The summed E-state index contributed by atoms with van der Waals surface area (Å²) in [5.74, 6) is -0.000139. The highest BCUT2D eigenvalue weighted by atomic mass is 79.9. The maximum Gasteiger partial charge on any atom is 0.251 e. The maximum atomic E-state index is 11.3. The predicted molar refractivity (Wildman–Crippen MR) is 51.8 cm³/mol. The van der Waals surface area contributed by atoms with Crippen molar-refractivity contribution in [2.24, 2.45) is 0 Å². The van der Waals surface area contributed by atoms with Crippen LogP contribution in [0.2, 0.25) is 0 Å². The lowest BCUT2D eigenvalue weighted by Crippen LogP contribution is -2.31. The number of nitrogens with one attached hydrogen (secondary N) is 1. The van der Waals surface area contributed by atoms with Gasteiger partial charge in [-0.15, -0.1) is 0 Å². The van der Waals surface area contributed by atoms with Gasteiger partial charge in [0.2, 0.25) is 0 Å². The number of phenolic OH excluding ortho intramolecular Hbond substituents is 1. The molecule has 1 aromatic carbocycles. The normalized spacial score (nSPS) is 15.0. The third kappa shape index (κ3) is 1.42. The zero-order valence-electron chi connectivity index (χ0n) is 6.80. The number of aromatic hydroxyl groups is 1. The average molecular weight is 242 g/mol. The van der Waals surface area contributed by atoms with Gasteiger partial charge in [-0.25, -0.2) is 0 Å². The molecule has 1 heterocycles. The molecule has 2 rings (SSSR count). The van der Waals surface area contributed by atoms with Gasteiger partial charge >= 0.3 is 0 Å². The second-order valence-corrected chi connectivity index (χ2v) is 3.82. The van der Waals surface area contributed by atoms with Crippen molar-refractivity contribution in [3.05, 3.63) is 27.7 Å². The molecular formula is C9H8BrNO2. The Balaban J connectivity index is 2.58. The second kappa shape index (κ2) is 3.03. The number of halogens is 1. The van der Waals surface area contributed by atoms with Crippen LogP contribution in [0, 0.1) is 0 Å². The molecule has 2 N–H and O–H groups in total. The Morgan fingerprint density at radius 3 is 3.00 bits per heavy atom. The van der Waals surface area contributed by atoms with E-state index in [2.05, 4.69) is 21.2 Å². The Morgan fingerprint density at radius 1 is 1.46 bits per heavy atom. The average Bonchev–Trinajstić information content (AvgIpc) is 2.09. The van der Waals surface area contributed by atoms with Gasteiger partial charge in [0, 0.05) is 12.1 Å². The molecule has 68 valence electrons. The van der Waals surface area contributed by atoms with E-state index in [1.54, 1.807) is 6.07 Å². The van der Waals surface area contributed by atoms with Crippen molar-refractivity contribution in [3.8, 4) is 5.75 Å². The summed E-state index contributed by atoms with van der Waals surface area (Å²) in [7, 11) is 0. The molecule has 0 aliphatic carbocycles. The van der Waals surface area contributed by atoms with Gasteiger partial charge in [0.15, 0.2) is 0 Å². The lowest BCUT2D eigenvalue weighted by Gasteiger charge is -2.16. The molecule has 0 saturated heterocycles. The van der Waals surface area contributed by atoms with Crippen molar-refractivity contribution >= 4 is 21.8 Å². The van der Waals surface area contributed by atoms with Crippen LogP contribution in [0.4, 0.5) is 0 Å². The van der Waals surface area contributed by atoms with E-state index < -0.39 is 0 Å². The van der Waals surface area contributed by atoms with Crippen LogP contribution in [0.5, 0.6) is 5.75 Å². The summed E-state index contributed by atoms with van der Waals surface area (Å²) < 4.78 is 0.640. The van der Waals surface area contributed by atoms with E-state index in [4.69, 9.17) is 0 Å². The van der Waals surface area contributed by atoms with E-state index in [0.717, 1.165) is 12.0 Å². The van der Waals surface area contributed by atoms with Crippen LogP contribution >= 0.6 is 15.9 Å². The number of hydrogen-bond donors (Lipinski definition) is 2. The molecule has 1 amide bonds. The summed E-state index contributed by atoms with van der Waals surface area (Å²) >= 11 is 3.21. The van der Waals surface area contributed by atoms with Crippen molar-refractivity contribution in [3.63, 3.8) is 0 Å². The SMILES string of the molecule is O=C1NCCc2cc(Br)c(O)cc21. The van der Waals surface area contributed by atoms with Crippen molar-refractivity contribution in [2.75, 3.05) is 6.54 Å². The van der Waals surface area contributed by atoms with Crippen LogP contribution in [-0.2, 0) is 6.42 Å². The maximum absolute atomic E-state index is 11.3. The molecule has 0 atom stereocenters. The van der Waals surface area contributed by atoms with Gasteiger partial charge in [0.25, 0.3) is 5.91 Å². The van der Waals surface area contributed by atoms with Crippen molar-refractivity contribution in [1.82, 2.24) is 5.32 Å². The largest absolute Gasteiger partial charge is 0.507 e. The van der Waals surface area contributed by atoms with Crippen LogP contribution < -0.4 is 5.32 Å². The number of phenols is 1. The van der Waals surface area contributed by atoms with Crippen LogP contribution in [0.3, 0.4) is 0 Å². The molecule has 0 radical (unpaired) electrons. The Hall–Kier alpha value is -1.03. The van der Waals surface area contributed by atoms with Crippen LogP contribution in [0.1, 0.15) is 15.9 Å². The lowest BCUT2D eigenvalue weighted by atomic mass is 10.0. The zero-order valence-corrected chi connectivity index (χ0v) is 8.39. The quantitative estimate of drug-likeness (QED) is 0.723. The van der Waals surface area contributed by atoms with Gasteiger partial charge in [-0.2, -0.15) is 0 Å². The van der Waals surface area contributed by atoms with E-state index in [-0.39, 0.29) is 11.7 Å². The smallest absolute Gasteiger partial charge is 0.251 e. The number of benzene rings is 1. The molecule has 0 spiro atoms. The Morgan fingerprint density at radius 2 is 2.23 bits per heavy atom. The molecule has 0 saturated carbocycles. The molecule has 3 nitrogen and oxygen atoms in total. The monoisotopic (exact) mass is 241 g/mol. The number of rotatable bonds is 0. The number of carbonyl (C=O) groups excluding carboxylic acids is 1. The number of amides is 1. The van der Waals surface area contributed by atoms with Crippen LogP contribution in [-0.4, -0.2) is 17.6 Å². The summed E-state index contributed by atoms with van der Waals surface area (Å²) in [6.07, 6.45) is 0.819. The fourth-order valence-electron chi connectivity index (χ4n) is 1.43. The number of carbonyl (C=O) groups is 1. The summed E-state index contributed by atoms with van der Waals surface area (Å²) in [6, 6.07) is 3.29. The fourth-order valence-corrected chi connectivity index (χ4v) is 1.82. The van der Waals surface area contributed by atoms with E-state index >= 15 is 0 Å². The minimum atomic E-state index is -0.107.